The number of hydrogen-bond donors (Lipinski definition) is 1. The third-order valence-electron chi connectivity index (χ3n) is 2.72. The number of carboxylic acids is 1. The van der Waals surface area contributed by atoms with E-state index >= 15 is 0 Å². The molecule has 0 aliphatic rings. The second-order valence-electron chi connectivity index (χ2n) is 4.59. The third kappa shape index (κ3) is 2.69. The van der Waals surface area contributed by atoms with E-state index in [1.54, 1.807) is 27.7 Å². The van der Waals surface area contributed by atoms with Crippen molar-refractivity contribution in [3.63, 3.8) is 0 Å². The Bertz CT molecular complexity index is 465. The van der Waals surface area contributed by atoms with Gasteiger partial charge < -0.3 is 14.4 Å². The van der Waals surface area contributed by atoms with Crippen LogP contribution in [0, 0.1) is 19.8 Å². The van der Waals surface area contributed by atoms with Gasteiger partial charge in [-0.05, 0) is 12.8 Å². The van der Waals surface area contributed by atoms with Gasteiger partial charge in [-0.15, -0.1) is 0 Å². The molecule has 0 bridgehead atoms. The third-order valence-corrected chi connectivity index (χ3v) is 2.72. The summed E-state index contributed by atoms with van der Waals surface area (Å²) in [6, 6.07) is -0.887. The lowest BCUT2D eigenvalue weighted by molar-refractivity contribution is -0.143. The number of carboxylic acid groups (broad SMARTS) is 1. The molecule has 0 aliphatic heterocycles. The first-order valence-electron chi connectivity index (χ1n) is 5.69. The summed E-state index contributed by atoms with van der Waals surface area (Å²) in [5, 5.41) is 9.14. The first-order chi connectivity index (χ1) is 8.25. The van der Waals surface area contributed by atoms with E-state index in [0.29, 0.717) is 11.6 Å². The lowest BCUT2D eigenvalue weighted by atomic mass is 10.0. The average Bonchev–Trinajstić information content (AvgIpc) is 2.55. The Balaban J connectivity index is 3.03. The maximum absolute atomic E-state index is 12.2. The van der Waals surface area contributed by atoms with Crippen molar-refractivity contribution in [2.45, 2.75) is 33.7 Å². The topological polar surface area (TPSA) is 83.6 Å². The molecule has 0 saturated carbocycles. The van der Waals surface area contributed by atoms with E-state index in [4.69, 9.17) is 9.52 Å². The fraction of sp³-hybridized carbons (Fsp3) is 0.583. The van der Waals surface area contributed by atoms with E-state index in [0.717, 1.165) is 0 Å². The quantitative estimate of drug-likeness (QED) is 0.879. The summed E-state index contributed by atoms with van der Waals surface area (Å²) in [6.45, 7) is 6.80. The largest absolute Gasteiger partial charge is 0.480 e. The summed E-state index contributed by atoms with van der Waals surface area (Å²) < 4.78 is 5.21. The lowest BCUT2D eigenvalue weighted by Crippen LogP contribution is -2.45. The second-order valence-corrected chi connectivity index (χ2v) is 4.59. The Labute approximate surface area is 106 Å². The number of aliphatic carboxylic acids is 1. The van der Waals surface area contributed by atoms with E-state index in [1.165, 1.54) is 11.9 Å². The van der Waals surface area contributed by atoms with Crippen molar-refractivity contribution in [1.82, 2.24) is 9.88 Å². The van der Waals surface area contributed by atoms with E-state index in [1.807, 2.05) is 0 Å². The number of oxazole rings is 1. The number of hydrogen-bond acceptors (Lipinski definition) is 4. The highest BCUT2D eigenvalue weighted by Crippen LogP contribution is 2.16. The van der Waals surface area contributed by atoms with Crippen LogP contribution in [0.5, 0.6) is 0 Å². The molecule has 1 rings (SSSR count). The first-order valence-corrected chi connectivity index (χ1v) is 5.69. The molecule has 6 nitrogen and oxygen atoms in total. The molecule has 0 fully saturated rings. The molecule has 100 valence electrons. The summed E-state index contributed by atoms with van der Waals surface area (Å²) in [6.07, 6.45) is 0. The summed E-state index contributed by atoms with van der Waals surface area (Å²) in [5.41, 5.74) is 0.470. The summed E-state index contributed by atoms with van der Waals surface area (Å²) in [7, 11) is 1.46. The van der Waals surface area contributed by atoms with Gasteiger partial charge in [0.15, 0.2) is 5.89 Å². The normalized spacial score (nSPS) is 12.6. The van der Waals surface area contributed by atoms with Gasteiger partial charge >= 0.3 is 5.97 Å². The Morgan fingerprint density at radius 2 is 1.89 bits per heavy atom. The van der Waals surface area contributed by atoms with Crippen LogP contribution >= 0.6 is 0 Å². The molecule has 18 heavy (non-hydrogen) atoms. The number of nitrogens with zero attached hydrogens (tertiary/aromatic N) is 2. The zero-order valence-corrected chi connectivity index (χ0v) is 11.2. The molecule has 0 radical (unpaired) electrons. The molecule has 0 saturated heterocycles. The molecule has 1 heterocycles. The van der Waals surface area contributed by atoms with Gasteiger partial charge in [-0.2, -0.15) is 0 Å². The van der Waals surface area contributed by atoms with Crippen molar-refractivity contribution in [3.8, 4) is 0 Å². The van der Waals surface area contributed by atoms with Gasteiger partial charge in [0.05, 0.1) is 5.69 Å². The zero-order valence-electron chi connectivity index (χ0n) is 11.2. The highest BCUT2D eigenvalue weighted by molar-refractivity contribution is 5.95. The molecule has 1 aromatic heterocycles. The highest BCUT2D eigenvalue weighted by atomic mass is 16.4. The highest BCUT2D eigenvalue weighted by Gasteiger charge is 2.32. The molecule has 6 heteroatoms. The van der Waals surface area contributed by atoms with E-state index in [9.17, 15) is 9.59 Å². The van der Waals surface area contributed by atoms with E-state index in [2.05, 4.69) is 4.98 Å². The number of carbonyl (C=O) groups is 2. The minimum absolute atomic E-state index is 0.0990. The van der Waals surface area contributed by atoms with Gasteiger partial charge in [-0.3, -0.25) is 4.79 Å². The number of amides is 1. The van der Waals surface area contributed by atoms with Crippen LogP contribution in [0.1, 0.15) is 36.0 Å². The zero-order chi connectivity index (χ0) is 14.0. The minimum Gasteiger partial charge on any atom is -0.480 e. The number of rotatable bonds is 4. The molecule has 1 amide bonds. The van der Waals surface area contributed by atoms with Crippen molar-refractivity contribution in [1.29, 1.82) is 0 Å². The molecular weight excluding hydrogens is 236 g/mol. The monoisotopic (exact) mass is 254 g/mol. The van der Waals surface area contributed by atoms with Gasteiger partial charge in [0.2, 0.25) is 5.76 Å². The molecule has 1 atom stereocenters. The molecule has 1 aromatic rings. The number of aromatic nitrogens is 1. The molecule has 1 N–H and O–H groups in total. The van der Waals surface area contributed by atoms with Crippen molar-refractivity contribution in [2.75, 3.05) is 7.05 Å². The number of carbonyl (C=O) groups excluding carboxylic acids is 1. The van der Waals surface area contributed by atoms with Crippen LogP contribution in [0.25, 0.3) is 0 Å². The standard InChI is InChI=1S/C12H18N2O4/c1-6(2)9(12(16)17)14(5)11(15)10-7(3)13-8(4)18-10/h6,9H,1-5H3,(H,16,17). The molecular formula is C12H18N2O4. The van der Waals surface area contributed by atoms with Gasteiger partial charge in [0.1, 0.15) is 6.04 Å². The first kappa shape index (κ1) is 14.2. The second kappa shape index (κ2) is 5.20. The van der Waals surface area contributed by atoms with Crippen molar-refractivity contribution in [3.05, 3.63) is 17.3 Å². The number of aryl methyl sites for hydroxylation is 2. The fourth-order valence-electron chi connectivity index (χ4n) is 1.91. The van der Waals surface area contributed by atoms with Crippen LogP contribution < -0.4 is 0 Å². The van der Waals surface area contributed by atoms with E-state index in [-0.39, 0.29) is 11.7 Å². The Kier molecular flexibility index (Phi) is 4.11. The van der Waals surface area contributed by atoms with E-state index < -0.39 is 17.9 Å². The van der Waals surface area contributed by atoms with Crippen molar-refractivity contribution < 1.29 is 19.1 Å². The van der Waals surface area contributed by atoms with Gasteiger partial charge in [-0.25, -0.2) is 9.78 Å². The summed E-state index contributed by atoms with van der Waals surface area (Å²) in [5.74, 6) is -1.20. The molecule has 0 aliphatic carbocycles. The van der Waals surface area contributed by atoms with Crippen LogP contribution in [-0.4, -0.2) is 40.0 Å². The van der Waals surface area contributed by atoms with Gasteiger partial charge in [0.25, 0.3) is 5.91 Å². The fourth-order valence-corrected chi connectivity index (χ4v) is 1.91. The molecule has 1 unspecified atom stereocenters. The van der Waals surface area contributed by atoms with Gasteiger partial charge in [0, 0.05) is 14.0 Å². The predicted octanol–water partition coefficient (Wildman–Crippen LogP) is 1.47. The SMILES string of the molecule is Cc1nc(C)c(C(=O)N(C)C(C(=O)O)C(C)C)o1. The smallest absolute Gasteiger partial charge is 0.326 e. The van der Waals surface area contributed by atoms with Crippen LogP contribution in [-0.2, 0) is 4.79 Å². The Morgan fingerprint density at radius 1 is 1.33 bits per heavy atom. The van der Waals surface area contributed by atoms with Crippen LogP contribution in [0.15, 0.2) is 4.42 Å². The van der Waals surface area contributed by atoms with Gasteiger partial charge in [-0.1, -0.05) is 13.8 Å². The Morgan fingerprint density at radius 3 is 2.22 bits per heavy atom. The minimum atomic E-state index is -1.03. The van der Waals surface area contributed by atoms with Crippen LogP contribution in [0.4, 0.5) is 0 Å². The maximum Gasteiger partial charge on any atom is 0.326 e. The van der Waals surface area contributed by atoms with Crippen LogP contribution in [0.2, 0.25) is 0 Å². The number of likely N-dealkylation sites (N-methyl/N-ethyl adjacent to an activating group) is 1. The lowest BCUT2D eigenvalue weighted by Gasteiger charge is -2.26. The molecule has 0 aromatic carbocycles. The maximum atomic E-state index is 12.2. The average molecular weight is 254 g/mol. The Hall–Kier alpha value is -1.85. The predicted molar refractivity (Wildman–Crippen MR) is 64.3 cm³/mol. The summed E-state index contributed by atoms with van der Waals surface area (Å²) in [4.78, 5) is 28.5. The van der Waals surface area contributed by atoms with Crippen molar-refractivity contribution in [2.24, 2.45) is 5.92 Å². The molecule has 0 spiro atoms. The van der Waals surface area contributed by atoms with Crippen molar-refractivity contribution >= 4 is 11.9 Å². The summed E-state index contributed by atoms with van der Waals surface area (Å²) >= 11 is 0. The van der Waals surface area contributed by atoms with Crippen LogP contribution in [0.3, 0.4) is 0 Å².